The molecule has 1 fully saturated rings. The first-order chi connectivity index (χ1) is 10.8. The van der Waals surface area contributed by atoms with Crippen molar-refractivity contribution in [2.75, 3.05) is 17.2 Å². The Morgan fingerprint density at radius 3 is 2.91 bits per heavy atom. The number of amides is 1. The molecule has 1 aromatic heterocycles. The number of hydrogen-bond acceptors (Lipinski definition) is 4. The van der Waals surface area contributed by atoms with Crippen molar-refractivity contribution in [3.63, 3.8) is 0 Å². The first-order valence-electron chi connectivity index (χ1n) is 7.52. The Labute approximate surface area is 129 Å². The van der Waals surface area contributed by atoms with Gasteiger partial charge in [-0.05, 0) is 44.0 Å². The van der Waals surface area contributed by atoms with Crippen LogP contribution in [-0.2, 0) is 0 Å². The summed E-state index contributed by atoms with van der Waals surface area (Å²) in [6, 6.07) is 11.6. The quantitative estimate of drug-likeness (QED) is 0.858. The van der Waals surface area contributed by atoms with Crippen molar-refractivity contribution in [3.8, 4) is 5.75 Å². The number of hydrogen-bond donors (Lipinski definition) is 2. The lowest BCUT2D eigenvalue weighted by molar-refractivity contribution is 0.102. The number of ether oxygens (including phenoxy) is 1. The number of carbonyl (C=O) groups excluding carboxylic acids is 1. The molecule has 1 amide bonds. The summed E-state index contributed by atoms with van der Waals surface area (Å²) in [7, 11) is 0. The minimum Gasteiger partial charge on any atom is -0.492 e. The molecule has 1 aliphatic carbocycles. The van der Waals surface area contributed by atoms with Gasteiger partial charge in [0.25, 0.3) is 5.91 Å². The lowest BCUT2D eigenvalue weighted by Crippen LogP contribution is -2.15. The molecule has 5 heteroatoms. The molecule has 22 heavy (non-hydrogen) atoms. The van der Waals surface area contributed by atoms with E-state index in [0.717, 1.165) is 5.69 Å². The van der Waals surface area contributed by atoms with Gasteiger partial charge in [-0.3, -0.25) is 9.78 Å². The third-order valence-corrected chi connectivity index (χ3v) is 3.38. The maximum Gasteiger partial charge on any atom is 0.274 e. The second-order valence-electron chi connectivity index (χ2n) is 5.23. The highest BCUT2D eigenvalue weighted by Gasteiger charge is 2.21. The van der Waals surface area contributed by atoms with Crippen LogP contribution in [0.15, 0.2) is 42.6 Å². The van der Waals surface area contributed by atoms with E-state index in [1.54, 1.807) is 12.3 Å². The molecule has 3 rings (SSSR count). The van der Waals surface area contributed by atoms with E-state index in [2.05, 4.69) is 15.6 Å². The molecule has 1 aliphatic rings. The first kappa shape index (κ1) is 14.4. The molecule has 114 valence electrons. The molecule has 0 spiro atoms. The third-order valence-electron chi connectivity index (χ3n) is 3.38. The van der Waals surface area contributed by atoms with E-state index in [9.17, 15) is 4.79 Å². The Balaban J connectivity index is 1.73. The van der Waals surface area contributed by atoms with Gasteiger partial charge in [0, 0.05) is 17.9 Å². The molecule has 0 unspecified atom stereocenters. The zero-order chi connectivity index (χ0) is 15.4. The van der Waals surface area contributed by atoms with E-state index >= 15 is 0 Å². The van der Waals surface area contributed by atoms with E-state index in [1.165, 1.54) is 12.8 Å². The number of pyridine rings is 1. The zero-order valence-electron chi connectivity index (χ0n) is 12.5. The minimum absolute atomic E-state index is 0.244. The summed E-state index contributed by atoms with van der Waals surface area (Å²) in [6.07, 6.45) is 4.02. The van der Waals surface area contributed by atoms with E-state index in [-0.39, 0.29) is 5.91 Å². The molecule has 0 saturated heterocycles. The molecule has 2 N–H and O–H groups in total. The van der Waals surface area contributed by atoms with Gasteiger partial charge in [-0.2, -0.15) is 0 Å². The van der Waals surface area contributed by atoms with Gasteiger partial charge in [0.15, 0.2) is 0 Å². The largest absolute Gasteiger partial charge is 0.492 e. The van der Waals surface area contributed by atoms with Crippen LogP contribution < -0.4 is 15.4 Å². The highest BCUT2D eigenvalue weighted by atomic mass is 16.5. The molecule has 1 aromatic carbocycles. The topological polar surface area (TPSA) is 63.2 Å². The summed E-state index contributed by atoms with van der Waals surface area (Å²) in [5.74, 6) is 0.414. The maximum atomic E-state index is 12.4. The standard InChI is InChI=1S/C17H19N3O2/c1-2-22-16-6-4-3-5-14(16)20-17(21)15-11-13(9-10-18-15)19-12-7-8-12/h3-6,9-12H,2,7-8H2,1H3,(H,18,19)(H,20,21). The molecule has 2 aromatic rings. The molecular weight excluding hydrogens is 278 g/mol. The molecule has 0 radical (unpaired) electrons. The van der Waals surface area contributed by atoms with Gasteiger partial charge >= 0.3 is 0 Å². The van der Waals surface area contributed by atoms with Gasteiger partial charge in [0.1, 0.15) is 11.4 Å². The van der Waals surface area contributed by atoms with Gasteiger partial charge in [0.05, 0.1) is 12.3 Å². The number of aromatic nitrogens is 1. The number of nitrogens with zero attached hydrogens (tertiary/aromatic N) is 1. The summed E-state index contributed by atoms with van der Waals surface area (Å²) < 4.78 is 5.51. The summed E-state index contributed by atoms with van der Waals surface area (Å²) in [5, 5.41) is 6.22. The van der Waals surface area contributed by atoms with Crippen LogP contribution in [0.1, 0.15) is 30.3 Å². The van der Waals surface area contributed by atoms with Gasteiger partial charge in [-0.1, -0.05) is 12.1 Å². The van der Waals surface area contributed by atoms with E-state index in [1.807, 2.05) is 37.3 Å². The zero-order valence-corrected chi connectivity index (χ0v) is 12.5. The first-order valence-corrected chi connectivity index (χ1v) is 7.52. The number of anilines is 2. The van der Waals surface area contributed by atoms with Crippen molar-refractivity contribution in [1.82, 2.24) is 4.98 Å². The minimum atomic E-state index is -0.244. The fourth-order valence-electron chi connectivity index (χ4n) is 2.15. The SMILES string of the molecule is CCOc1ccccc1NC(=O)c1cc(NC2CC2)ccn1. The maximum absolute atomic E-state index is 12.4. The second-order valence-corrected chi connectivity index (χ2v) is 5.23. The van der Waals surface area contributed by atoms with Crippen molar-refractivity contribution >= 4 is 17.3 Å². The highest BCUT2D eigenvalue weighted by Crippen LogP contribution is 2.26. The number of nitrogens with one attached hydrogen (secondary N) is 2. The van der Waals surface area contributed by atoms with Crippen molar-refractivity contribution in [2.45, 2.75) is 25.8 Å². The predicted octanol–water partition coefficient (Wildman–Crippen LogP) is 3.31. The Morgan fingerprint density at radius 2 is 2.14 bits per heavy atom. The van der Waals surface area contributed by atoms with Crippen LogP contribution in [0.25, 0.3) is 0 Å². The monoisotopic (exact) mass is 297 g/mol. The molecule has 0 atom stereocenters. The molecule has 0 aliphatic heterocycles. The predicted molar refractivity (Wildman–Crippen MR) is 86.4 cm³/mol. The lowest BCUT2D eigenvalue weighted by Gasteiger charge is -2.11. The Hall–Kier alpha value is -2.56. The van der Waals surface area contributed by atoms with Crippen molar-refractivity contribution in [3.05, 3.63) is 48.3 Å². The fourth-order valence-corrected chi connectivity index (χ4v) is 2.15. The van der Waals surface area contributed by atoms with Crippen LogP contribution in [0.2, 0.25) is 0 Å². The molecule has 0 bridgehead atoms. The summed E-state index contributed by atoms with van der Waals surface area (Å²) in [6.45, 7) is 2.46. The normalized spacial score (nSPS) is 13.5. The van der Waals surface area contributed by atoms with Crippen molar-refractivity contribution in [1.29, 1.82) is 0 Å². The molecular formula is C17H19N3O2. The van der Waals surface area contributed by atoms with Gasteiger partial charge < -0.3 is 15.4 Å². The van der Waals surface area contributed by atoms with Crippen LogP contribution >= 0.6 is 0 Å². The summed E-state index contributed by atoms with van der Waals surface area (Å²) >= 11 is 0. The summed E-state index contributed by atoms with van der Waals surface area (Å²) in [4.78, 5) is 16.5. The third kappa shape index (κ3) is 3.55. The molecule has 1 saturated carbocycles. The van der Waals surface area contributed by atoms with E-state index in [4.69, 9.17) is 4.74 Å². The number of carbonyl (C=O) groups is 1. The van der Waals surface area contributed by atoms with Crippen LogP contribution in [0.4, 0.5) is 11.4 Å². The smallest absolute Gasteiger partial charge is 0.274 e. The van der Waals surface area contributed by atoms with Crippen molar-refractivity contribution < 1.29 is 9.53 Å². The van der Waals surface area contributed by atoms with Crippen LogP contribution in [-0.4, -0.2) is 23.5 Å². The lowest BCUT2D eigenvalue weighted by atomic mass is 10.2. The Bertz CT molecular complexity index is 668. The van der Waals surface area contributed by atoms with Gasteiger partial charge in [-0.25, -0.2) is 0 Å². The number of rotatable bonds is 6. The van der Waals surface area contributed by atoms with E-state index in [0.29, 0.717) is 29.8 Å². The molecule has 1 heterocycles. The Morgan fingerprint density at radius 1 is 1.32 bits per heavy atom. The average molecular weight is 297 g/mol. The van der Waals surface area contributed by atoms with E-state index < -0.39 is 0 Å². The van der Waals surface area contributed by atoms with Crippen LogP contribution in [0, 0.1) is 0 Å². The Kier molecular flexibility index (Phi) is 4.23. The second kappa shape index (κ2) is 6.47. The number of para-hydroxylation sites is 2. The van der Waals surface area contributed by atoms with Crippen molar-refractivity contribution in [2.24, 2.45) is 0 Å². The van der Waals surface area contributed by atoms with Crippen LogP contribution in [0.5, 0.6) is 5.75 Å². The average Bonchev–Trinajstić information content (AvgIpc) is 3.34. The van der Waals surface area contributed by atoms with Crippen LogP contribution in [0.3, 0.4) is 0 Å². The summed E-state index contributed by atoms with van der Waals surface area (Å²) in [5.41, 5.74) is 1.97. The molecule has 5 nitrogen and oxygen atoms in total. The number of benzene rings is 1. The van der Waals surface area contributed by atoms with Gasteiger partial charge in [0.2, 0.25) is 0 Å². The highest BCUT2D eigenvalue weighted by molar-refractivity contribution is 6.04. The van der Waals surface area contributed by atoms with Gasteiger partial charge in [-0.15, -0.1) is 0 Å². The fraction of sp³-hybridized carbons (Fsp3) is 0.294.